The summed E-state index contributed by atoms with van der Waals surface area (Å²) in [5.41, 5.74) is 0. The smallest absolute Gasteiger partial charge is 0.0969 e. The van der Waals surface area contributed by atoms with E-state index in [9.17, 15) is 0 Å². The molecule has 0 rings (SSSR count). The van der Waals surface area contributed by atoms with Crippen molar-refractivity contribution in [3.63, 3.8) is 0 Å². The molecule has 31 heavy (non-hydrogen) atoms. The van der Waals surface area contributed by atoms with Crippen molar-refractivity contribution < 1.29 is 16.9 Å². The molecule has 0 aliphatic rings. The minimum atomic E-state index is 0. The van der Waals surface area contributed by atoms with Crippen molar-refractivity contribution in [3.8, 4) is 0 Å². The van der Waals surface area contributed by atoms with Gasteiger partial charge in [-0.1, -0.05) is 130 Å². The molecule has 0 radical (unpaired) electrons. The van der Waals surface area contributed by atoms with Crippen LogP contribution in [0.5, 0.6) is 0 Å². The molecular formula is C29H60ClN. The highest BCUT2D eigenvalue weighted by molar-refractivity contribution is 4.65. The predicted molar refractivity (Wildman–Crippen MR) is 139 cm³/mol. The molecule has 0 aliphatic carbocycles. The van der Waals surface area contributed by atoms with Crippen molar-refractivity contribution in [2.75, 3.05) is 26.7 Å². The summed E-state index contributed by atoms with van der Waals surface area (Å²) < 4.78 is 1.22. The second kappa shape index (κ2) is 26.2. The second-order valence-electron chi connectivity index (χ2n) is 10.3. The molecule has 0 N–H and O–H groups in total. The Labute approximate surface area is 204 Å². The first-order valence-electron chi connectivity index (χ1n) is 14.1. The Morgan fingerprint density at radius 3 is 1.00 bits per heavy atom. The fraction of sp³-hybridized carbons (Fsp3) is 0.931. The fourth-order valence-corrected chi connectivity index (χ4v) is 4.74. The third-order valence-corrected chi connectivity index (χ3v) is 6.92. The van der Waals surface area contributed by atoms with Crippen LogP contribution in [0.15, 0.2) is 12.7 Å². The highest BCUT2D eigenvalue weighted by Crippen LogP contribution is 2.15. The number of rotatable bonds is 25. The summed E-state index contributed by atoms with van der Waals surface area (Å²) in [5, 5.41) is 0. The summed E-state index contributed by atoms with van der Waals surface area (Å²) in [5.74, 6) is 0. The first-order chi connectivity index (χ1) is 14.7. The molecule has 1 nitrogen and oxygen atoms in total. The molecule has 0 amide bonds. The maximum Gasteiger partial charge on any atom is 0.0969 e. The lowest BCUT2D eigenvalue weighted by atomic mass is 10.1. The van der Waals surface area contributed by atoms with Gasteiger partial charge in [0.2, 0.25) is 0 Å². The summed E-state index contributed by atoms with van der Waals surface area (Å²) >= 11 is 0. The number of hydrogen-bond acceptors (Lipinski definition) is 0. The van der Waals surface area contributed by atoms with Gasteiger partial charge in [0, 0.05) is 0 Å². The van der Waals surface area contributed by atoms with Gasteiger partial charge in [-0.25, -0.2) is 0 Å². The fourth-order valence-electron chi connectivity index (χ4n) is 4.74. The van der Waals surface area contributed by atoms with E-state index in [1.807, 2.05) is 0 Å². The quantitative estimate of drug-likeness (QED) is 0.0797. The van der Waals surface area contributed by atoms with E-state index in [1.54, 1.807) is 0 Å². The van der Waals surface area contributed by atoms with Gasteiger partial charge in [0.25, 0.3) is 0 Å². The Kier molecular flexibility index (Phi) is 28.1. The Bertz CT molecular complexity index is 344. The minimum Gasteiger partial charge on any atom is -1.00 e. The minimum absolute atomic E-state index is 0. The van der Waals surface area contributed by atoms with E-state index in [1.165, 1.54) is 152 Å². The summed E-state index contributed by atoms with van der Waals surface area (Å²) in [6.45, 7) is 12.5. The second-order valence-corrected chi connectivity index (χ2v) is 10.3. The molecule has 188 valence electrons. The van der Waals surface area contributed by atoms with Crippen molar-refractivity contribution in [2.45, 2.75) is 149 Å². The monoisotopic (exact) mass is 457 g/mol. The molecule has 0 aromatic carbocycles. The lowest BCUT2D eigenvalue weighted by Crippen LogP contribution is -3.00. The average molecular weight is 458 g/mol. The molecular weight excluding hydrogens is 398 g/mol. The normalized spacial score (nSPS) is 13.0. The van der Waals surface area contributed by atoms with E-state index in [4.69, 9.17) is 0 Å². The van der Waals surface area contributed by atoms with Gasteiger partial charge in [-0.15, -0.1) is 0 Å². The summed E-state index contributed by atoms with van der Waals surface area (Å²) in [6, 6.07) is 0. The number of unbranched alkanes of at least 4 members (excludes halogenated alkanes) is 19. The number of halogens is 1. The highest BCUT2D eigenvalue weighted by Gasteiger charge is 2.18. The van der Waals surface area contributed by atoms with E-state index in [2.05, 4.69) is 33.6 Å². The van der Waals surface area contributed by atoms with Crippen molar-refractivity contribution in [2.24, 2.45) is 0 Å². The van der Waals surface area contributed by atoms with Crippen molar-refractivity contribution >= 4 is 0 Å². The van der Waals surface area contributed by atoms with Gasteiger partial charge in [-0.05, 0) is 31.8 Å². The van der Waals surface area contributed by atoms with Crippen LogP contribution in [-0.2, 0) is 0 Å². The summed E-state index contributed by atoms with van der Waals surface area (Å²) in [6.07, 6.45) is 32.3. The van der Waals surface area contributed by atoms with Crippen LogP contribution in [0.3, 0.4) is 0 Å². The van der Waals surface area contributed by atoms with Gasteiger partial charge < -0.3 is 16.9 Å². The Hall–Kier alpha value is -0.0100. The molecule has 0 saturated carbocycles. The first-order valence-corrected chi connectivity index (χ1v) is 14.1. The summed E-state index contributed by atoms with van der Waals surface area (Å²) in [4.78, 5) is 0. The van der Waals surface area contributed by atoms with Crippen LogP contribution in [0.1, 0.15) is 149 Å². The van der Waals surface area contributed by atoms with Crippen molar-refractivity contribution in [1.82, 2.24) is 0 Å². The van der Waals surface area contributed by atoms with E-state index < -0.39 is 0 Å². The number of hydrogen-bond donors (Lipinski definition) is 0. The van der Waals surface area contributed by atoms with E-state index >= 15 is 0 Å². The largest absolute Gasteiger partial charge is 1.00 e. The Morgan fingerprint density at radius 2 is 0.742 bits per heavy atom. The molecule has 0 saturated heterocycles. The standard InChI is InChI=1S/C29H60N.ClH/c1-5-8-10-12-14-16-18-20-22-24-26-29-30(4,27-7-3)28-25-23-21-19-17-15-13-11-9-6-2;/h7H,3,5-6,8-29H2,1-2,4H3;1H/q+1;/p-1. The van der Waals surface area contributed by atoms with Crippen molar-refractivity contribution in [3.05, 3.63) is 12.7 Å². The third kappa shape index (κ3) is 24.5. The SMILES string of the molecule is C=CC[N+](C)(CCCCCCCCCCCC)CCCCCCCCCCCCC.[Cl-]. The summed E-state index contributed by atoms with van der Waals surface area (Å²) in [7, 11) is 2.46. The van der Waals surface area contributed by atoms with E-state index in [-0.39, 0.29) is 12.4 Å². The average Bonchev–Trinajstić information content (AvgIpc) is 2.73. The van der Waals surface area contributed by atoms with Crippen molar-refractivity contribution in [1.29, 1.82) is 0 Å². The zero-order valence-electron chi connectivity index (χ0n) is 22.1. The molecule has 0 heterocycles. The van der Waals surface area contributed by atoms with Gasteiger partial charge in [0.1, 0.15) is 0 Å². The Balaban J connectivity index is 0. The Morgan fingerprint density at radius 1 is 0.484 bits per heavy atom. The van der Waals surface area contributed by atoms with Crippen LogP contribution in [-0.4, -0.2) is 31.2 Å². The van der Waals surface area contributed by atoms with Gasteiger partial charge in [-0.3, -0.25) is 0 Å². The van der Waals surface area contributed by atoms with Crippen LogP contribution in [0, 0.1) is 0 Å². The van der Waals surface area contributed by atoms with Crippen LogP contribution < -0.4 is 12.4 Å². The topological polar surface area (TPSA) is 0 Å². The molecule has 0 spiro atoms. The molecule has 0 bridgehead atoms. The van der Waals surface area contributed by atoms with Crippen LogP contribution in [0.2, 0.25) is 0 Å². The maximum absolute atomic E-state index is 4.03. The molecule has 2 heteroatoms. The highest BCUT2D eigenvalue weighted by atomic mass is 35.5. The number of likely N-dealkylation sites (N-methyl/N-ethyl adjacent to an activating group) is 1. The van der Waals surface area contributed by atoms with Gasteiger partial charge in [0.05, 0.1) is 26.7 Å². The van der Waals surface area contributed by atoms with Gasteiger partial charge in [-0.2, -0.15) is 0 Å². The number of quaternary nitrogens is 1. The molecule has 0 fully saturated rings. The molecule has 0 aromatic heterocycles. The molecule has 1 unspecified atom stereocenters. The third-order valence-electron chi connectivity index (χ3n) is 6.92. The van der Waals surface area contributed by atoms with Crippen LogP contribution in [0.25, 0.3) is 0 Å². The van der Waals surface area contributed by atoms with Gasteiger partial charge in [0.15, 0.2) is 0 Å². The lowest BCUT2D eigenvalue weighted by Gasteiger charge is -2.34. The molecule has 1 atom stereocenters. The number of nitrogens with zero attached hydrogens (tertiary/aromatic N) is 1. The lowest BCUT2D eigenvalue weighted by molar-refractivity contribution is -0.904. The van der Waals surface area contributed by atoms with E-state index in [0.717, 1.165) is 6.54 Å². The molecule has 0 aromatic rings. The first kappa shape index (κ1) is 33.2. The molecule has 0 aliphatic heterocycles. The van der Waals surface area contributed by atoms with Crippen LogP contribution in [0.4, 0.5) is 0 Å². The zero-order valence-corrected chi connectivity index (χ0v) is 22.8. The predicted octanol–water partition coefficient (Wildman–Crippen LogP) is 6.85. The van der Waals surface area contributed by atoms with Crippen LogP contribution >= 0.6 is 0 Å². The van der Waals surface area contributed by atoms with E-state index in [0.29, 0.717) is 0 Å². The maximum atomic E-state index is 4.03. The van der Waals surface area contributed by atoms with Gasteiger partial charge >= 0.3 is 0 Å². The zero-order chi connectivity index (χ0) is 22.2.